The van der Waals surface area contributed by atoms with Gasteiger partial charge >= 0.3 is 0 Å². The van der Waals surface area contributed by atoms with Crippen LogP contribution in [0.4, 0.5) is 0 Å². The number of aliphatic hydroxyl groups is 1. The number of aliphatic hydroxyl groups excluding tert-OH is 1. The van der Waals surface area contributed by atoms with Crippen LogP contribution >= 0.6 is 0 Å². The number of aryl methyl sites for hydroxylation is 1. The van der Waals surface area contributed by atoms with Crippen LogP contribution in [0, 0.1) is 5.92 Å². The second kappa shape index (κ2) is 6.31. The highest BCUT2D eigenvalue weighted by molar-refractivity contribution is 5.35. The average Bonchev–Trinajstić information content (AvgIpc) is 2.55. The van der Waals surface area contributed by atoms with E-state index >= 15 is 0 Å². The first-order chi connectivity index (χ1) is 10.3. The van der Waals surface area contributed by atoms with Crippen molar-refractivity contribution in [3.8, 4) is 5.75 Å². The van der Waals surface area contributed by atoms with Crippen molar-refractivity contribution >= 4 is 0 Å². The van der Waals surface area contributed by atoms with Crippen LogP contribution in [0.5, 0.6) is 5.75 Å². The molecule has 0 amide bonds. The van der Waals surface area contributed by atoms with Crippen molar-refractivity contribution in [3.05, 3.63) is 65.2 Å². The second-order valence-electron chi connectivity index (χ2n) is 5.82. The van der Waals surface area contributed by atoms with Gasteiger partial charge < -0.3 is 9.84 Å². The summed E-state index contributed by atoms with van der Waals surface area (Å²) in [4.78, 5) is 0. The largest absolute Gasteiger partial charge is 0.493 e. The quantitative estimate of drug-likeness (QED) is 0.931. The summed E-state index contributed by atoms with van der Waals surface area (Å²) in [5, 5.41) is 10.5. The molecule has 1 N–H and O–H groups in total. The molecule has 2 heteroatoms. The molecule has 2 aromatic rings. The lowest BCUT2D eigenvalue weighted by Gasteiger charge is -2.29. The molecular weight excluding hydrogens is 260 g/mol. The number of rotatable bonds is 4. The molecule has 0 saturated heterocycles. The average molecular weight is 282 g/mol. The fraction of sp³-hybridized carbons (Fsp3) is 0.368. The molecule has 2 nitrogen and oxygen atoms in total. The van der Waals surface area contributed by atoms with E-state index in [2.05, 4.69) is 37.3 Å². The van der Waals surface area contributed by atoms with Crippen LogP contribution in [0.2, 0.25) is 0 Å². The van der Waals surface area contributed by atoms with Gasteiger partial charge in [-0.2, -0.15) is 0 Å². The lowest BCUT2D eigenvalue weighted by Crippen LogP contribution is -2.33. The maximum atomic E-state index is 10.5. The van der Waals surface area contributed by atoms with Crippen molar-refractivity contribution in [1.82, 2.24) is 0 Å². The van der Waals surface area contributed by atoms with E-state index in [1.165, 1.54) is 16.7 Å². The van der Waals surface area contributed by atoms with Gasteiger partial charge in [0.2, 0.25) is 0 Å². The van der Waals surface area contributed by atoms with Gasteiger partial charge in [-0.05, 0) is 42.0 Å². The highest BCUT2D eigenvalue weighted by atomic mass is 16.5. The minimum absolute atomic E-state index is 0.172. The third kappa shape index (κ3) is 3.27. The van der Waals surface area contributed by atoms with Crippen LogP contribution in [-0.2, 0) is 19.3 Å². The highest BCUT2D eigenvalue weighted by Crippen LogP contribution is 2.29. The van der Waals surface area contributed by atoms with E-state index in [-0.39, 0.29) is 12.0 Å². The van der Waals surface area contributed by atoms with Gasteiger partial charge in [0.1, 0.15) is 5.75 Å². The summed E-state index contributed by atoms with van der Waals surface area (Å²) in [6.45, 7) is 2.76. The molecule has 2 atom stereocenters. The Morgan fingerprint density at radius 3 is 2.57 bits per heavy atom. The topological polar surface area (TPSA) is 29.5 Å². The molecule has 1 aliphatic heterocycles. The van der Waals surface area contributed by atoms with E-state index in [1.54, 1.807) is 0 Å². The minimum Gasteiger partial charge on any atom is -0.493 e. The summed E-state index contributed by atoms with van der Waals surface area (Å²) in [5.41, 5.74) is 3.73. The Kier molecular flexibility index (Phi) is 4.26. The van der Waals surface area contributed by atoms with Gasteiger partial charge in [-0.1, -0.05) is 49.4 Å². The molecule has 0 spiro atoms. The molecule has 2 unspecified atom stereocenters. The summed E-state index contributed by atoms with van der Waals surface area (Å²) < 4.78 is 5.77. The van der Waals surface area contributed by atoms with E-state index in [0.29, 0.717) is 13.0 Å². The molecule has 3 rings (SSSR count). The predicted octanol–water partition coefficient (Wildman–Crippen LogP) is 3.40. The Morgan fingerprint density at radius 2 is 1.81 bits per heavy atom. The minimum atomic E-state index is -0.356. The second-order valence-corrected chi connectivity index (χ2v) is 5.82. The van der Waals surface area contributed by atoms with E-state index in [4.69, 9.17) is 4.74 Å². The van der Waals surface area contributed by atoms with E-state index in [1.807, 2.05) is 18.2 Å². The Labute approximate surface area is 126 Å². The van der Waals surface area contributed by atoms with Gasteiger partial charge in [0.05, 0.1) is 12.7 Å². The molecule has 21 heavy (non-hydrogen) atoms. The standard InChI is InChI=1S/C19H22O2/c1-2-14-7-9-15(10-8-14)11-18(20)17-12-16-5-3-4-6-19(16)21-13-17/h3-10,17-18,20H,2,11-13H2,1H3. The maximum absolute atomic E-state index is 10.5. The van der Waals surface area contributed by atoms with Gasteiger partial charge in [-0.15, -0.1) is 0 Å². The van der Waals surface area contributed by atoms with Gasteiger partial charge in [-0.25, -0.2) is 0 Å². The zero-order valence-corrected chi connectivity index (χ0v) is 12.5. The highest BCUT2D eigenvalue weighted by Gasteiger charge is 2.26. The van der Waals surface area contributed by atoms with Crippen LogP contribution in [0.1, 0.15) is 23.6 Å². The first-order valence-electron chi connectivity index (χ1n) is 7.73. The lowest BCUT2D eigenvalue weighted by molar-refractivity contribution is 0.0652. The molecule has 110 valence electrons. The van der Waals surface area contributed by atoms with Crippen molar-refractivity contribution in [2.45, 2.75) is 32.3 Å². The van der Waals surface area contributed by atoms with Crippen molar-refractivity contribution in [1.29, 1.82) is 0 Å². The first kappa shape index (κ1) is 14.2. The number of ether oxygens (including phenoxy) is 1. The Hall–Kier alpha value is -1.80. The van der Waals surface area contributed by atoms with Crippen LogP contribution in [0.3, 0.4) is 0 Å². The smallest absolute Gasteiger partial charge is 0.122 e. The number of benzene rings is 2. The summed E-state index contributed by atoms with van der Waals surface area (Å²) in [7, 11) is 0. The Morgan fingerprint density at radius 1 is 1.10 bits per heavy atom. The molecular formula is C19H22O2. The summed E-state index contributed by atoms with van der Waals surface area (Å²) in [6, 6.07) is 16.7. The number of hydrogen-bond donors (Lipinski definition) is 1. The van der Waals surface area contributed by atoms with E-state index in [9.17, 15) is 5.11 Å². The Balaban J connectivity index is 1.64. The molecule has 1 aliphatic rings. The summed E-state index contributed by atoms with van der Waals surface area (Å²) >= 11 is 0. The van der Waals surface area contributed by atoms with Crippen LogP contribution < -0.4 is 4.74 Å². The molecule has 0 saturated carbocycles. The lowest BCUT2D eigenvalue weighted by atomic mass is 9.89. The number of hydrogen-bond acceptors (Lipinski definition) is 2. The van der Waals surface area contributed by atoms with E-state index in [0.717, 1.165) is 18.6 Å². The number of fused-ring (bicyclic) bond motifs is 1. The first-order valence-corrected chi connectivity index (χ1v) is 7.73. The molecule has 1 heterocycles. The summed E-state index contributed by atoms with van der Waals surface area (Å²) in [5.74, 6) is 1.14. The fourth-order valence-corrected chi connectivity index (χ4v) is 2.92. The van der Waals surface area contributed by atoms with Crippen molar-refractivity contribution in [3.63, 3.8) is 0 Å². The molecule has 0 aliphatic carbocycles. The molecule has 0 fully saturated rings. The van der Waals surface area contributed by atoms with Crippen molar-refractivity contribution in [2.75, 3.05) is 6.61 Å². The van der Waals surface area contributed by atoms with Crippen molar-refractivity contribution in [2.24, 2.45) is 5.92 Å². The van der Waals surface area contributed by atoms with Crippen LogP contribution in [0.15, 0.2) is 48.5 Å². The molecule has 0 bridgehead atoms. The van der Waals surface area contributed by atoms with Crippen LogP contribution in [-0.4, -0.2) is 17.8 Å². The molecule has 0 aromatic heterocycles. The SMILES string of the molecule is CCc1ccc(CC(O)C2COc3ccccc3C2)cc1. The predicted molar refractivity (Wildman–Crippen MR) is 84.7 cm³/mol. The van der Waals surface area contributed by atoms with Gasteiger partial charge in [0.25, 0.3) is 0 Å². The van der Waals surface area contributed by atoms with Crippen molar-refractivity contribution < 1.29 is 9.84 Å². The van der Waals surface area contributed by atoms with Gasteiger partial charge in [0, 0.05) is 5.92 Å². The molecule has 0 radical (unpaired) electrons. The van der Waals surface area contributed by atoms with Gasteiger partial charge in [0.15, 0.2) is 0 Å². The zero-order valence-electron chi connectivity index (χ0n) is 12.5. The Bertz CT molecular complexity index is 589. The third-order valence-corrected chi connectivity index (χ3v) is 4.33. The third-order valence-electron chi connectivity index (χ3n) is 4.33. The normalized spacial score (nSPS) is 18.7. The summed E-state index contributed by atoms with van der Waals surface area (Å²) in [6.07, 6.45) is 2.28. The van der Waals surface area contributed by atoms with E-state index < -0.39 is 0 Å². The van der Waals surface area contributed by atoms with Gasteiger partial charge in [-0.3, -0.25) is 0 Å². The fourth-order valence-electron chi connectivity index (χ4n) is 2.92. The monoisotopic (exact) mass is 282 g/mol. The maximum Gasteiger partial charge on any atom is 0.122 e. The number of para-hydroxylation sites is 1. The zero-order chi connectivity index (χ0) is 14.7. The molecule has 2 aromatic carbocycles. The van der Waals surface area contributed by atoms with Crippen LogP contribution in [0.25, 0.3) is 0 Å².